The first-order valence-electron chi connectivity index (χ1n) is 20.0. The molecule has 0 N–H and O–H groups in total. The molecule has 0 saturated carbocycles. The van der Waals surface area contributed by atoms with Crippen LogP contribution in [0.1, 0.15) is 195 Å². The average Bonchev–Trinajstić information content (AvgIpc) is 3.04. The highest BCUT2D eigenvalue weighted by Crippen LogP contribution is 2.20. The van der Waals surface area contributed by atoms with Crippen LogP contribution in [-0.2, 0) is 14.3 Å². The van der Waals surface area contributed by atoms with Crippen molar-refractivity contribution in [3.8, 4) is 12.3 Å². The Balaban J connectivity index is 4.06. The van der Waals surface area contributed by atoms with Crippen molar-refractivity contribution < 1.29 is 14.3 Å². The monoisotopic (exact) mass is 634 g/mol. The van der Waals surface area contributed by atoms with Crippen LogP contribution >= 0.6 is 0 Å². The van der Waals surface area contributed by atoms with Crippen molar-refractivity contribution in [1.82, 2.24) is 4.90 Å². The van der Waals surface area contributed by atoms with E-state index in [9.17, 15) is 4.79 Å². The molecule has 0 aromatic heterocycles. The lowest BCUT2D eigenvalue weighted by Gasteiger charge is -2.22. The molecule has 0 spiro atoms. The molecule has 0 fully saturated rings. The van der Waals surface area contributed by atoms with Crippen molar-refractivity contribution in [3.05, 3.63) is 0 Å². The van der Waals surface area contributed by atoms with Gasteiger partial charge >= 0.3 is 5.97 Å². The number of carbonyl (C=O) groups is 1. The average molecular weight is 634 g/mol. The van der Waals surface area contributed by atoms with Crippen LogP contribution in [0, 0.1) is 24.2 Å². The summed E-state index contributed by atoms with van der Waals surface area (Å²) < 4.78 is 11.7. The van der Waals surface area contributed by atoms with E-state index in [0.29, 0.717) is 6.61 Å². The van der Waals surface area contributed by atoms with E-state index in [4.69, 9.17) is 15.9 Å². The normalized spacial score (nSPS) is 12.8. The van der Waals surface area contributed by atoms with Gasteiger partial charge in [-0.05, 0) is 76.9 Å². The van der Waals surface area contributed by atoms with Crippen molar-refractivity contribution in [2.75, 3.05) is 39.5 Å². The van der Waals surface area contributed by atoms with Gasteiger partial charge in [-0.2, -0.15) is 0 Å². The highest BCUT2D eigenvalue weighted by atomic mass is 16.5. The van der Waals surface area contributed by atoms with E-state index in [-0.39, 0.29) is 11.9 Å². The number of unbranched alkanes of at least 4 members (excludes halogenated alkanes) is 17. The first-order valence-corrected chi connectivity index (χ1v) is 20.0. The number of carbonyl (C=O) groups excluding carboxylic acids is 1. The molecular weight excluding hydrogens is 554 g/mol. The topological polar surface area (TPSA) is 38.8 Å². The Labute approximate surface area is 282 Å². The van der Waals surface area contributed by atoms with Crippen molar-refractivity contribution >= 4 is 5.97 Å². The van der Waals surface area contributed by atoms with Gasteiger partial charge in [-0.25, -0.2) is 0 Å². The summed E-state index contributed by atoms with van der Waals surface area (Å²) in [6, 6.07) is 0. The van der Waals surface area contributed by atoms with Crippen LogP contribution in [0.25, 0.3) is 0 Å². The van der Waals surface area contributed by atoms with Gasteiger partial charge in [0.15, 0.2) is 0 Å². The summed E-state index contributed by atoms with van der Waals surface area (Å²) in [4.78, 5) is 14.8. The van der Waals surface area contributed by atoms with Gasteiger partial charge in [0.2, 0.25) is 0 Å². The fourth-order valence-corrected chi connectivity index (χ4v) is 6.19. The van der Waals surface area contributed by atoms with Gasteiger partial charge in [0.25, 0.3) is 0 Å². The lowest BCUT2D eigenvalue weighted by molar-refractivity contribution is -0.148. The van der Waals surface area contributed by atoms with Gasteiger partial charge in [-0.3, -0.25) is 4.79 Å². The third-order valence-electron chi connectivity index (χ3n) is 9.35. The van der Waals surface area contributed by atoms with E-state index in [2.05, 4.69) is 31.6 Å². The van der Waals surface area contributed by atoms with Crippen LogP contribution in [0.3, 0.4) is 0 Å². The molecule has 0 amide bonds. The first kappa shape index (κ1) is 43.9. The number of rotatable bonds is 36. The molecule has 0 aliphatic rings. The maximum absolute atomic E-state index is 12.1. The molecule has 2 atom stereocenters. The molecule has 0 saturated heterocycles. The number of esters is 1. The minimum Gasteiger partial charge on any atom is -0.465 e. The number of terminal acetylenes is 1. The van der Waals surface area contributed by atoms with E-state index >= 15 is 0 Å². The van der Waals surface area contributed by atoms with E-state index < -0.39 is 0 Å². The molecule has 0 bridgehead atoms. The van der Waals surface area contributed by atoms with Gasteiger partial charge in [0, 0.05) is 19.6 Å². The fourth-order valence-electron chi connectivity index (χ4n) is 6.19. The van der Waals surface area contributed by atoms with Crippen LogP contribution in [0.4, 0.5) is 0 Å². The zero-order chi connectivity index (χ0) is 33.1. The third kappa shape index (κ3) is 31.3. The van der Waals surface area contributed by atoms with Crippen LogP contribution in [0.15, 0.2) is 0 Å². The molecule has 0 aromatic carbocycles. The molecule has 4 nitrogen and oxygen atoms in total. The van der Waals surface area contributed by atoms with Crippen LogP contribution in [0.5, 0.6) is 0 Å². The van der Waals surface area contributed by atoms with Crippen molar-refractivity contribution in [3.63, 3.8) is 0 Å². The molecule has 0 radical (unpaired) electrons. The minimum absolute atomic E-state index is 0.0112. The molecule has 266 valence electrons. The van der Waals surface area contributed by atoms with E-state index in [1.165, 1.54) is 135 Å². The Kier molecular flexibility index (Phi) is 35.0. The molecule has 0 heterocycles. The zero-order valence-electron chi connectivity index (χ0n) is 31.0. The smallest absolute Gasteiger partial charge is 0.308 e. The molecular formula is C41H79NO3. The van der Waals surface area contributed by atoms with Gasteiger partial charge in [-0.1, -0.05) is 137 Å². The maximum Gasteiger partial charge on any atom is 0.308 e. The highest BCUT2D eigenvalue weighted by molar-refractivity contribution is 5.71. The van der Waals surface area contributed by atoms with Crippen molar-refractivity contribution in [1.29, 1.82) is 0 Å². The Morgan fingerprint density at radius 3 is 1.69 bits per heavy atom. The number of ether oxygens (including phenoxy) is 2. The number of nitrogens with zero attached hydrogens (tertiary/aromatic N) is 1. The second-order valence-electron chi connectivity index (χ2n) is 13.9. The predicted molar refractivity (Wildman–Crippen MR) is 197 cm³/mol. The fraction of sp³-hybridized carbons (Fsp3) is 0.927. The molecule has 0 aliphatic heterocycles. The summed E-state index contributed by atoms with van der Waals surface area (Å²) in [7, 11) is 0. The number of hydrogen-bond acceptors (Lipinski definition) is 4. The van der Waals surface area contributed by atoms with Crippen LogP contribution in [0.2, 0.25) is 0 Å². The Morgan fingerprint density at radius 2 is 1.07 bits per heavy atom. The zero-order valence-corrected chi connectivity index (χ0v) is 31.0. The number of hydrogen-bond donors (Lipinski definition) is 0. The largest absolute Gasteiger partial charge is 0.465 e. The quantitative estimate of drug-likeness (QED) is 0.0391. The van der Waals surface area contributed by atoms with Gasteiger partial charge in [0.1, 0.15) is 0 Å². The Bertz CT molecular complexity index is 645. The lowest BCUT2D eigenvalue weighted by atomic mass is 9.95. The minimum atomic E-state index is -0.0112. The first-order chi connectivity index (χ1) is 22.1. The second-order valence-corrected chi connectivity index (χ2v) is 13.9. The molecule has 0 aromatic rings. The van der Waals surface area contributed by atoms with E-state index in [0.717, 1.165) is 70.7 Å². The molecule has 4 heteroatoms. The predicted octanol–water partition coefficient (Wildman–Crippen LogP) is 11.9. The van der Waals surface area contributed by atoms with Crippen molar-refractivity contribution in [2.45, 2.75) is 195 Å². The summed E-state index contributed by atoms with van der Waals surface area (Å²) in [6.45, 7) is 14.7. The molecule has 45 heavy (non-hydrogen) atoms. The standard InChI is InChI=1S/C41H79NO3/c1-6-10-14-16-17-24-32-40(31-23-15-11-7-2)38-44-36-28-20-18-26-34-42(33-25-13-9-4)35-27-19-21-29-37-45-41(43)39(5)30-22-12-8-3/h4,39-40H,6-8,10-38H2,1-3,5H3. The van der Waals surface area contributed by atoms with Crippen LogP contribution < -0.4 is 0 Å². The Hall–Kier alpha value is -1.05. The molecule has 2 unspecified atom stereocenters. The van der Waals surface area contributed by atoms with Crippen molar-refractivity contribution in [2.24, 2.45) is 11.8 Å². The van der Waals surface area contributed by atoms with Gasteiger partial charge in [0.05, 0.1) is 12.5 Å². The second kappa shape index (κ2) is 35.8. The summed E-state index contributed by atoms with van der Waals surface area (Å²) in [5.41, 5.74) is 0. The van der Waals surface area contributed by atoms with E-state index in [1.54, 1.807) is 0 Å². The van der Waals surface area contributed by atoms with Gasteiger partial charge < -0.3 is 14.4 Å². The highest BCUT2D eigenvalue weighted by Gasteiger charge is 2.13. The maximum atomic E-state index is 12.1. The SMILES string of the molecule is C#CCCCN(CCCCCCOCC(CCCCCC)CCCCCCCC)CCCCCCOC(=O)C(C)CCCCC. The molecule has 0 rings (SSSR count). The van der Waals surface area contributed by atoms with E-state index in [1.807, 2.05) is 6.92 Å². The summed E-state index contributed by atoms with van der Waals surface area (Å²) in [6.07, 6.45) is 38.0. The Morgan fingerprint density at radius 1 is 0.600 bits per heavy atom. The summed E-state index contributed by atoms with van der Waals surface area (Å²) >= 11 is 0. The summed E-state index contributed by atoms with van der Waals surface area (Å²) in [5, 5.41) is 0. The third-order valence-corrected chi connectivity index (χ3v) is 9.35. The summed E-state index contributed by atoms with van der Waals surface area (Å²) in [5.74, 6) is 3.60. The molecule has 0 aliphatic carbocycles. The van der Waals surface area contributed by atoms with Gasteiger partial charge in [-0.15, -0.1) is 12.3 Å². The van der Waals surface area contributed by atoms with Crippen LogP contribution in [-0.4, -0.2) is 50.3 Å². The lowest BCUT2D eigenvalue weighted by Crippen LogP contribution is -2.27.